The van der Waals surface area contributed by atoms with Gasteiger partial charge < -0.3 is 23.0 Å². The summed E-state index contributed by atoms with van der Waals surface area (Å²) in [5.41, 5.74) is 11.2. The molecule has 3 heterocycles. The number of carbonyl (C=O) groups excluding carboxylic acids is 1. The minimum Gasteiger partial charge on any atom is -0.489 e. The second-order valence-electron chi connectivity index (χ2n) is 11.4. The van der Waals surface area contributed by atoms with Gasteiger partial charge in [-0.2, -0.15) is 10.4 Å². The van der Waals surface area contributed by atoms with Gasteiger partial charge in [-0.1, -0.05) is 18.2 Å². The summed E-state index contributed by atoms with van der Waals surface area (Å²) in [5, 5.41) is 13.5. The van der Waals surface area contributed by atoms with E-state index < -0.39 is 5.91 Å². The molecule has 0 unspecified atom stereocenters. The minimum atomic E-state index is -0.457. The van der Waals surface area contributed by atoms with Crippen LogP contribution in [0.5, 0.6) is 11.5 Å². The minimum absolute atomic E-state index is 0.142. The fourth-order valence-electron chi connectivity index (χ4n) is 5.64. The van der Waals surface area contributed by atoms with Crippen LogP contribution in [0.15, 0.2) is 113 Å². The standard InChI is InChI=1S/C39H35N5O4/c1-26-9-10-27(2)43(26)33-11-15-36(16-12-33)47-25-37-19-20-38(48-37)39(45)42-41-23-32-21-28(3)44(29(32)4)34-13-17-35(18-14-34)46-24-31-8-6-5-7-30(31)22-40/h5-21,23H,24-25H2,1-4H3,(H,42,45)/b41-23+. The summed E-state index contributed by atoms with van der Waals surface area (Å²) >= 11 is 0. The number of nitrogens with zero attached hydrogens (tertiary/aromatic N) is 4. The first-order valence-electron chi connectivity index (χ1n) is 15.5. The summed E-state index contributed by atoms with van der Waals surface area (Å²) in [6.45, 7) is 8.66. The van der Waals surface area contributed by atoms with Crippen molar-refractivity contribution in [2.45, 2.75) is 40.9 Å². The van der Waals surface area contributed by atoms with Gasteiger partial charge in [0.2, 0.25) is 0 Å². The van der Waals surface area contributed by atoms with E-state index in [4.69, 9.17) is 13.9 Å². The van der Waals surface area contributed by atoms with Crippen LogP contribution in [0.3, 0.4) is 0 Å². The lowest BCUT2D eigenvalue weighted by Gasteiger charge is -2.12. The Kier molecular flexibility index (Phi) is 9.26. The number of amides is 1. The normalized spacial score (nSPS) is 11.1. The van der Waals surface area contributed by atoms with Crippen molar-refractivity contribution in [3.8, 4) is 28.9 Å². The van der Waals surface area contributed by atoms with Gasteiger partial charge in [-0.3, -0.25) is 4.79 Å². The van der Waals surface area contributed by atoms with E-state index in [0.717, 1.165) is 33.9 Å². The number of nitriles is 1. The Bertz CT molecular complexity index is 2110. The Hall–Kier alpha value is -6.27. The molecule has 3 aromatic heterocycles. The summed E-state index contributed by atoms with van der Waals surface area (Å²) in [7, 11) is 0. The summed E-state index contributed by atoms with van der Waals surface area (Å²) in [5.74, 6) is 1.62. The van der Waals surface area contributed by atoms with Gasteiger partial charge in [-0.25, -0.2) is 5.43 Å². The Morgan fingerprint density at radius 1 is 0.792 bits per heavy atom. The molecule has 48 heavy (non-hydrogen) atoms. The fraction of sp³-hybridized carbons (Fsp3) is 0.154. The molecule has 1 amide bonds. The summed E-state index contributed by atoms with van der Waals surface area (Å²) in [4.78, 5) is 12.7. The number of aryl methyl sites for hydroxylation is 3. The second-order valence-corrected chi connectivity index (χ2v) is 11.4. The molecule has 0 radical (unpaired) electrons. The smallest absolute Gasteiger partial charge is 0.307 e. The Morgan fingerprint density at radius 2 is 1.42 bits per heavy atom. The van der Waals surface area contributed by atoms with Crippen molar-refractivity contribution < 1.29 is 18.7 Å². The highest BCUT2D eigenvalue weighted by Crippen LogP contribution is 2.24. The van der Waals surface area contributed by atoms with Gasteiger partial charge in [0.1, 0.15) is 30.5 Å². The number of aromatic nitrogens is 2. The van der Waals surface area contributed by atoms with Crippen LogP contribution in [0.1, 0.15) is 55.8 Å². The lowest BCUT2D eigenvalue weighted by atomic mass is 10.1. The fourth-order valence-corrected chi connectivity index (χ4v) is 5.64. The molecule has 0 aliphatic carbocycles. The van der Waals surface area contributed by atoms with Crippen molar-refractivity contribution in [1.29, 1.82) is 5.26 Å². The number of nitrogens with one attached hydrogen (secondary N) is 1. The summed E-state index contributed by atoms with van der Waals surface area (Å²) < 4.78 is 21.8. The Labute approximate surface area is 279 Å². The largest absolute Gasteiger partial charge is 0.489 e. The summed E-state index contributed by atoms with van der Waals surface area (Å²) in [6.07, 6.45) is 1.62. The Morgan fingerprint density at radius 3 is 2.08 bits per heavy atom. The lowest BCUT2D eigenvalue weighted by molar-refractivity contribution is 0.0923. The molecule has 0 aliphatic heterocycles. The first-order valence-corrected chi connectivity index (χ1v) is 15.5. The Balaban J connectivity index is 1.02. The first-order chi connectivity index (χ1) is 23.3. The van der Waals surface area contributed by atoms with Crippen LogP contribution >= 0.6 is 0 Å². The van der Waals surface area contributed by atoms with Gasteiger partial charge in [0.15, 0.2) is 5.76 Å². The molecular formula is C39H35N5O4. The second kappa shape index (κ2) is 14.0. The lowest BCUT2D eigenvalue weighted by Crippen LogP contribution is -2.16. The monoisotopic (exact) mass is 637 g/mol. The zero-order valence-electron chi connectivity index (χ0n) is 27.2. The van der Waals surface area contributed by atoms with Crippen molar-refractivity contribution in [1.82, 2.24) is 14.6 Å². The molecule has 0 spiro atoms. The van der Waals surface area contributed by atoms with Gasteiger partial charge in [0.25, 0.3) is 0 Å². The maximum absolute atomic E-state index is 12.7. The zero-order valence-corrected chi connectivity index (χ0v) is 27.2. The predicted octanol–water partition coefficient (Wildman–Crippen LogP) is 7.89. The van der Waals surface area contributed by atoms with Gasteiger partial charge in [-0.15, -0.1) is 0 Å². The van der Waals surface area contributed by atoms with Crippen molar-refractivity contribution in [3.05, 3.63) is 154 Å². The number of furan rings is 1. The quantitative estimate of drug-likeness (QED) is 0.115. The van der Waals surface area contributed by atoms with Crippen LogP contribution in [0.2, 0.25) is 0 Å². The van der Waals surface area contributed by atoms with E-state index in [1.54, 1.807) is 24.4 Å². The van der Waals surface area contributed by atoms with E-state index in [2.05, 4.69) is 51.7 Å². The van der Waals surface area contributed by atoms with E-state index in [0.29, 0.717) is 29.4 Å². The van der Waals surface area contributed by atoms with E-state index in [-0.39, 0.29) is 12.4 Å². The zero-order chi connectivity index (χ0) is 33.6. The number of benzene rings is 3. The number of hydrogen-bond acceptors (Lipinski definition) is 6. The molecular weight excluding hydrogens is 602 g/mol. The van der Waals surface area contributed by atoms with E-state index in [1.807, 2.05) is 86.6 Å². The molecule has 9 heteroatoms. The van der Waals surface area contributed by atoms with Crippen molar-refractivity contribution in [2.75, 3.05) is 0 Å². The predicted molar refractivity (Wildman–Crippen MR) is 184 cm³/mol. The van der Waals surface area contributed by atoms with Gasteiger partial charge in [0.05, 0.1) is 17.8 Å². The average molecular weight is 638 g/mol. The van der Waals surface area contributed by atoms with E-state index in [1.165, 1.54) is 11.4 Å². The molecule has 0 fully saturated rings. The van der Waals surface area contributed by atoms with E-state index >= 15 is 0 Å². The molecule has 0 atom stereocenters. The molecule has 9 nitrogen and oxygen atoms in total. The molecule has 0 saturated heterocycles. The van der Waals surface area contributed by atoms with Gasteiger partial charge >= 0.3 is 5.91 Å². The van der Waals surface area contributed by atoms with E-state index in [9.17, 15) is 10.1 Å². The summed E-state index contributed by atoms with van der Waals surface area (Å²) in [6, 6.07) is 34.7. The average Bonchev–Trinajstić information content (AvgIpc) is 3.80. The van der Waals surface area contributed by atoms with Gasteiger partial charge in [0, 0.05) is 45.3 Å². The number of ether oxygens (including phenoxy) is 2. The number of hydrazone groups is 1. The maximum atomic E-state index is 12.7. The third kappa shape index (κ3) is 6.93. The van der Waals surface area contributed by atoms with Gasteiger partial charge in [-0.05, 0) is 113 Å². The highest BCUT2D eigenvalue weighted by Gasteiger charge is 2.13. The molecule has 3 aromatic carbocycles. The molecule has 1 N–H and O–H groups in total. The molecule has 0 bridgehead atoms. The number of carbonyl (C=O) groups is 1. The van der Waals surface area contributed by atoms with Crippen LogP contribution in [0.25, 0.3) is 11.4 Å². The van der Waals surface area contributed by atoms with Crippen LogP contribution in [-0.2, 0) is 13.2 Å². The third-order valence-corrected chi connectivity index (χ3v) is 8.10. The topological polar surface area (TPSA) is 107 Å². The molecule has 0 saturated carbocycles. The molecule has 240 valence electrons. The highest BCUT2D eigenvalue weighted by molar-refractivity contribution is 5.92. The third-order valence-electron chi connectivity index (χ3n) is 8.10. The first kappa shape index (κ1) is 31.7. The van der Waals surface area contributed by atoms with Crippen LogP contribution < -0.4 is 14.9 Å². The maximum Gasteiger partial charge on any atom is 0.307 e. The van der Waals surface area contributed by atoms with Crippen molar-refractivity contribution >= 4 is 12.1 Å². The van der Waals surface area contributed by atoms with Crippen molar-refractivity contribution in [3.63, 3.8) is 0 Å². The van der Waals surface area contributed by atoms with Crippen LogP contribution in [0.4, 0.5) is 0 Å². The number of rotatable bonds is 11. The molecule has 6 aromatic rings. The van der Waals surface area contributed by atoms with Crippen LogP contribution in [0, 0.1) is 39.0 Å². The highest BCUT2D eigenvalue weighted by atomic mass is 16.5. The SMILES string of the molecule is Cc1ccc(C)n1-c1ccc(OCc2ccc(C(=O)N/N=C/c3cc(C)n(-c4ccc(OCc5ccccc5C#N)cc4)c3C)o2)cc1. The molecule has 0 aliphatic rings. The van der Waals surface area contributed by atoms with Crippen molar-refractivity contribution in [2.24, 2.45) is 5.10 Å². The number of hydrogen-bond donors (Lipinski definition) is 1. The molecule has 6 rings (SSSR count). The van der Waals surface area contributed by atoms with Crippen LogP contribution in [-0.4, -0.2) is 21.3 Å².